The average molecular weight is 225 g/mol. The van der Waals surface area contributed by atoms with Crippen molar-refractivity contribution in [1.29, 1.82) is 0 Å². The second-order valence-electron chi connectivity index (χ2n) is 4.04. The smallest absolute Gasteiger partial charge is 0.0473 e. The second-order valence-corrected chi connectivity index (χ2v) is 5.95. The van der Waals surface area contributed by atoms with Gasteiger partial charge in [-0.1, -0.05) is 36.4 Å². The maximum atomic E-state index is 6.42. The molecule has 2 heteroatoms. The highest BCUT2D eigenvalue weighted by Gasteiger charge is 2.09. The van der Waals surface area contributed by atoms with E-state index < -0.39 is 7.80 Å². The van der Waals surface area contributed by atoms with E-state index in [9.17, 15) is 0 Å². The molecule has 0 spiro atoms. The molecule has 2 rings (SSSR count). The van der Waals surface area contributed by atoms with E-state index >= 15 is 0 Å². The van der Waals surface area contributed by atoms with E-state index in [1.807, 2.05) is 0 Å². The number of hydrogen-bond acceptors (Lipinski definition) is 0. The molecule has 0 nitrogen and oxygen atoms in total. The van der Waals surface area contributed by atoms with Crippen LogP contribution < -0.4 is 10.6 Å². The van der Waals surface area contributed by atoms with Gasteiger partial charge in [-0.3, -0.25) is 7.57 Å². The lowest BCUT2D eigenvalue weighted by atomic mass is 10.2. The van der Waals surface area contributed by atoms with Gasteiger partial charge in [0.05, 0.1) is 0 Å². The fourth-order valence-corrected chi connectivity index (χ4v) is 3.75. The van der Waals surface area contributed by atoms with Crippen molar-refractivity contribution in [2.45, 2.75) is 13.8 Å². The number of rotatable bonds is 2. The zero-order valence-electron chi connectivity index (χ0n) is 9.70. The third-order valence-electron chi connectivity index (χ3n) is 2.87. The summed E-state index contributed by atoms with van der Waals surface area (Å²) in [5.74, 6) is 0. The first-order valence-corrected chi connectivity index (χ1v) is 7.02. The van der Waals surface area contributed by atoms with Gasteiger partial charge in [-0.15, -0.1) is 0 Å². The molecule has 0 bridgehead atoms. The van der Waals surface area contributed by atoms with Crippen molar-refractivity contribution in [3.05, 3.63) is 59.7 Å². The van der Waals surface area contributed by atoms with Crippen molar-refractivity contribution in [3.63, 3.8) is 0 Å². The van der Waals surface area contributed by atoms with Gasteiger partial charge in [0.2, 0.25) is 0 Å². The summed E-state index contributed by atoms with van der Waals surface area (Å²) in [5.41, 5.74) is 2.59. The Balaban J connectivity index is 2.44. The number of aryl methyl sites for hydroxylation is 2. The molecule has 0 saturated heterocycles. The van der Waals surface area contributed by atoms with E-state index in [1.165, 1.54) is 21.7 Å². The Labute approximate surface area is 99.8 Å². The van der Waals surface area contributed by atoms with Crippen molar-refractivity contribution in [2.75, 3.05) is 0 Å². The molecule has 0 amide bonds. The highest BCUT2D eigenvalue weighted by molar-refractivity contribution is 7.94. The lowest BCUT2D eigenvalue weighted by Gasteiger charge is -2.20. The van der Waals surface area contributed by atoms with E-state index in [2.05, 4.69) is 62.4 Å². The number of hydrogen-bond donors (Lipinski definition) is 0. The topological polar surface area (TPSA) is 0 Å². The third-order valence-corrected chi connectivity index (χ3v) is 5.15. The van der Waals surface area contributed by atoms with Gasteiger partial charge in [0.25, 0.3) is 0 Å². The quantitative estimate of drug-likeness (QED) is 0.544. The Bertz CT molecular complexity index is 448. The van der Waals surface area contributed by atoms with E-state index in [4.69, 9.17) is 7.57 Å². The molecule has 2 aromatic rings. The zero-order valence-corrected chi connectivity index (χ0v) is 10.7. The minimum atomic E-state index is -1.10. The second kappa shape index (κ2) is 4.85. The molecule has 0 unspecified atom stereocenters. The van der Waals surface area contributed by atoms with Gasteiger partial charge in [0.1, 0.15) is 0 Å². The largest absolute Gasteiger partial charge is 0.295 e. The SMILES string of the molecule is [B-][PH+](c1ccccc1C)c1ccccc1C. The van der Waals surface area contributed by atoms with Crippen molar-refractivity contribution in [1.82, 2.24) is 0 Å². The Morgan fingerprint density at radius 2 is 1.12 bits per heavy atom. The first-order chi connectivity index (χ1) is 7.70. The van der Waals surface area contributed by atoms with Gasteiger partial charge in [-0.05, 0) is 37.1 Å². The summed E-state index contributed by atoms with van der Waals surface area (Å²) in [6.45, 7) is 4.26. The Morgan fingerprint density at radius 1 is 0.750 bits per heavy atom. The summed E-state index contributed by atoms with van der Waals surface area (Å²) in [4.78, 5) is 0. The highest BCUT2D eigenvalue weighted by atomic mass is 31.1. The van der Waals surface area contributed by atoms with E-state index in [1.54, 1.807) is 0 Å². The standard InChI is InChI=1S/C14H15BP/c1-11-7-3-5-9-13(11)16(15)14-10-6-4-8-12(14)2/h3-10,16H,1-2H3. The molecule has 0 N–H and O–H groups in total. The van der Waals surface area contributed by atoms with Gasteiger partial charge in [-0.2, -0.15) is 7.80 Å². The fraction of sp³-hybridized carbons (Fsp3) is 0.143. The predicted octanol–water partition coefficient (Wildman–Crippen LogP) is 2.55. The van der Waals surface area contributed by atoms with Crippen molar-refractivity contribution in [3.8, 4) is 0 Å². The average Bonchev–Trinajstić information content (AvgIpc) is 2.29. The van der Waals surface area contributed by atoms with Gasteiger partial charge < -0.3 is 0 Å². The maximum Gasteiger partial charge on any atom is 0.0473 e. The van der Waals surface area contributed by atoms with Crippen LogP contribution in [0.25, 0.3) is 0 Å². The van der Waals surface area contributed by atoms with Crippen LogP contribution in [0.2, 0.25) is 0 Å². The highest BCUT2D eigenvalue weighted by Crippen LogP contribution is 2.29. The molecule has 16 heavy (non-hydrogen) atoms. The molecule has 0 atom stereocenters. The molecule has 0 fully saturated rings. The van der Waals surface area contributed by atoms with Crippen LogP contribution in [-0.4, -0.2) is 7.57 Å². The molecular weight excluding hydrogens is 210 g/mol. The summed E-state index contributed by atoms with van der Waals surface area (Å²) < 4.78 is 0. The van der Waals surface area contributed by atoms with Crippen molar-refractivity contribution >= 4 is 26.0 Å². The summed E-state index contributed by atoms with van der Waals surface area (Å²) >= 11 is 0. The summed E-state index contributed by atoms with van der Waals surface area (Å²) in [7, 11) is 5.31. The molecule has 0 aliphatic carbocycles. The molecule has 3 radical (unpaired) electrons. The van der Waals surface area contributed by atoms with E-state index in [-0.39, 0.29) is 0 Å². The molecule has 79 valence electrons. The summed E-state index contributed by atoms with van der Waals surface area (Å²) in [6, 6.07) is 16.8. The molecule has 0 aliphatic rings. The third kappa shape index (κ3) is 2.20. The minimum absolute atomic E-state index is 1.10. The predicted molar refractivity (Wildman–Crippen MR) is 75.7 cm³/mol. The Hall–Kier alpha value is -1.07. The summed E-state index contributed by atoms with van der Waals surface area (Å²) in [6.07, 6.45) is 0. The first-order valence-electron chi connectivity index (χ1n) is 5.44. The van der Waals surface area contributed by atoms with Crippen LogP contribution in [0.3, 0.4) is 0 Å². The molecule has 2 aromatic carbocycles. The summed E-state index contributed by atoms with van der Waals surface area (Å²) in [5, 5.41) is 2.61. The molecular formula is C14H15BP. The molecule has 0 saturated carbocycles. The zero-order chi connectivity index (χ0) is 11.5. The minimum Gasteiger partial charge on any atom is -0.295 e. The fourth-order valence-electron chi connectivity index (χ4n) is 1.90. The van der Waals surface area contributed by atoms with Gasteiger partial charge in [0, 0.05) is 10.6 Å². The van der Waals surface area contributed by atoms with Crippen LogP contribution >= 0.6 is 7.80 Å². The molecule has 0 aromatic heterocycles. The van der Waals surface area contributed by atoms with Gasteiger partial charge >= 0.3 is 0 Å². The normalized spacial score (nSPS) is 10.8. The maximum absolute atomic E-state index is 6.42. The Morgan fingerprint density at radius 3 is 1.50 bits per heavy atom. The van der Waals surface area contributed by atoms with Crippen LogP contribution in [-0.2, 0) is 0 Å². The van der Waals surface area contributed by atoms with Crippen molar-refractivity contribution in [2.24, 2.45) is 0 Å². The van der Waals surface area contributed by atoms with Gasteiger partial charge in [-0.25, -0.2) is 0 Å². The van der Waals surface area contributed by atoms with Crippen LogP contribution in [0.4, 0.5) is 0 Å². The van der Waals surface area contributed by atoms with Crippen LogP contribution in [0, 0.1) is 13.8 Å². The molecule has 0 heterocycles. The first kappa shape index (κ1) is 11.4. The van der Waals surface area contributed by atoms with Crippen LogP contribution in [0.1, 0.15) is 11.1 Å². The van der Waals surface area contributed by atoms with Gasteiger partial charge in [0.15, 0.2) is 0 Å². The van der Waals surface area contributed by atoms with Crippen LogP contribution in [0.15, 0.2) is 48.5 Å². The van der Waals surface area contributed by atoms with E-state index in [0.29, 0.717) is 0 Å². The lowest BCUT2D eigenvalue weighted by molar-refractivity contribution is 1.51. The van der Waals surface area contributed by atoms with Crippen LogP contribution in [0.5, 0.6) is 0 Å². The lowest BCUT2D eigenvalue weighted by Crippen LogP contribution is -2.16. The van der Waals surface area contributed by atoms with E-state index in [0.717, 1.165) is 0 Å². The van der Waals surface area contributed by atoms with Crippen molar-refractivity contribution < 1.29 is 0 Å². The Kier molecular flexibility index (Phi) is 3.46. The monoisotopic (exact) mass is 225 g/mol. The number of benzene rings is 2. The molecule has 0 aliphatic heterocycles.